The van der Waals surface area contributed by atoms with E-state index in [1.165, 1.54) is 6.07 Å². The quantitative estimate of drug-likeness (QED) is 0.395. The molecule has 0 spiro atoms. The molecule has 9 nitrogen and oxygen atoms in total. The zero-order chi connectivity index (χ0) is 25.4. The van der Waals surface area contributed by atoms with Gasteiger partial charge in [0, 0.05) is 17.6 Å². The number of carbonyl (C=O) groups excluding carboxylic acids is 1. The molecule has 2 aromatic heterocycles. The Kier molecular flexibility index (Phi) is 5.98. The van der Waals surface area contributed by atoms with Gasteiger partial charge in [-0.15, -0.1) is 0 Å². The fraction of sp³-hybridized carbons (Fsp3) is 0.269. The maximum Gasteiger partial charge on any atom is 0.254 e. The average Bonchev–Trinajstić information content (AvgIpc) is 3.34. The van der Waals surface area contributed by atoms with Crippen molar-refractivity contribution >= 4 is 45.6 Å². The highest BCUT2D eigenvalue weighted by Gasteiger charge is 2.38. The number of anilines is 5. The van der Waals surface area contributed by atoms with Crippen LogP contribution in [0.3, 0.4) is 0 Å². The molecule has 3 heterocycles. The summed E-state index contributed by atoms with van der Waals surface area (Å²) < 4.78 is 14.5. The van der Waals surface area contributed by atoms with Crippen LogP contribution in [0.4, 0.5) is 33.2 Å². The fourth-order valence-electron chi connectivity index (χ4n) is 4.31. The first-order chi connectivity index (χ1) is 17.4. The van der Waals surface area contributed by atoms with Gasteiger partial charge in [0.25, 0.3) is 5.91 Å². The van der Waals surface area contributed by atoms with E-state index < -0.39 is 11.9 Å². The van der Waals surface area contributed by atoms with Crippen LogP contribution in [-0.2, 0) is 4.79 Å². The molecule has 0 saturated carbocycles. The Morgan fingerprint density at radius 2 is 2.08 bits per heavy atom. The Morgan fingerprint density at radius 1 is 1.25 bits per heavy atom. The number of nitrogens with one attached hydrogen (secondary N) is 2. The van der Waals surface area contributed by atoms with Crippen LogP contribution in [0.15, 0.2) is 48.8 Å². The number of aromatic amines is 1. The van der Waals surface area contributed by atoms with Crippen molar-refractivity contribution in [2.45, 2.75) is 33.2 Å². The van der Waals surface area contributed by atoms with Gasteiger partial charge in [-0.1, -0.05) is 19.9 Å². The molecule has 4 aromatic rings. The molecule has 5 rings (SSSR count). The Bertz CT molecular complexity index is 1490. The summed E-state index contributed by atoms with van der Waals surface area (Å²) in [5.74, 6) is 0.736. The predicted octanol–water partition coefficient (Wildman–Crippen LogP) is 5.03. The third-order valence-corrected chi connectivity index (χ3v) is 6.25. The van der Waals surface area contributed by atoms with Crippen LogP contribution in [0.1, 0.15) is 32.8 Å². The summed E-state index contributed by atoms with van der Waals surface area (Å²) in [6.07, 6.45) is 4.00. The van der Waals surface area contributed by atoms with Crippen molar-refractivity contribution in [2.75, 3.05) is 21.7 Å². The molecule has 10 heteroatoms. The Morgan fingerprint density at radius 3 is 2.86 bits per heavy atom. The first-order valence-electron chi connectivity index (χ1n) is 11.7. The molecule has 0 unspecified atom stereocenters. The summed E-state index contributed by atoms with van der Waals surface area (Å²) in [6.45, 7) is 6.75. The zero-order valence-corrected chi connectivity index (χ0v) is 20.2. The number of halogens is 1. The van der Waals surface area contributed by atoms with Gasteiger partial charge >= 0.3 is 0 Å². The van der Waals surface area contributed by atoms with Gasteiger partial charge in [-0.2, -0.15) is 15.3 Å². The third-order valence-electron chi connectivity index (χ3n) is 6.25. The maximum atomic E-state index is 14.5. The Labute approximate surface area is 207 Å². The van der Waals surface area contributed by atoms with Crippen molar-refractivity contribution in [1.82, 2.24) is 20.2 Å². The fourth-order valence-corrected chi connectivity index (χ4v) is 4.31. The van der Waals surface area contributed by atoms with Crippen LogP contribution in [0.25, 0.3) is 10.9 Å². The van der Waals surface area contributed by atoms with Gasteiger partial charge < -0.3 is 10.2 Å². The van der Waals surface area contributed by atoms with E-state index in [9.17, 15) is 14.4 Å². The molecular formula is C26H25FN8O. The molecular weight excluding hydrogens is 459 g/mol. The highest BCUT2D eigenvalue weighted by atomic mass is 19.1. The number of nitriles is 1. The highest BCUT2D eigenvalue weighted by Crippen LogP contribution is 2.40. The minimum atomic E-state index is -0.482. The van der Waals surface area contributed by atoms with Crippen LogP contribution >= 0.6 is 0 Å². The van der Waals surface area contributed by atoms with Crippen LogP contribution in [-0.4, -0.2) is 38.7 Å². The predicted molar refractivity (Wildman–Crippen MR) is 136 cm³/mol. The van der Waals surface area contributed by atoms with E-state index in [-0.39, 0.29) is 11.9 Å². The number of rotatable bonds is 6. The SMILES string of the molecule is CC(C)CCN1c2nc(Nc3cc(F)c4[nH]ncc4c3)ncc2N(c2cccc(C#N)c2)C(=O)[C@H]1C. The lowest BCUT2D eigenvalue weighted by atomic mass is 10.1. The summed E-state index contributed by atoms with van der Waals surface area (Å²) in [7, 11) is 0. The van der Waals surface area contributed by atoms with E-state index in [4.69, 9.17) is 4.98 Å². The topological polar surface area (TPSA) is 114 Å². The lowest BCUT2D eigenvalue weighted by molar-refractivity contribution is -0.119. The third kappa shape index (κ3) is 4.20. The van der Waals surface area contributed by atoms with Crippen LogP contribution < -0.4 is 15.1 Å². The van der Waals surface area contributed by atoms with Crippen LogP contribution in [0, 0.1) is 23.1 Å². The minimum Gasteiger partial charge on any atom is -0.343 e. The van der Waals surface area contributed by atoms with Crippen molar-refractivity contribution in [3.8, 4) is 6.07 Å². The molecule has 0 saturated heterocycles. The number of fused-ring (bicyclic) bond motifs is 2. The molecule has 0 radical (unpaired) electrons. The number of carbonyl (C=O) groups is 1. The molecule has 1 aliphatic rings. The molecule has 0 aliphatic carbocycles. The average molecular weight is 485 g/mol. The number of aromatic nitrogens is 4. The first kappa shape index (κ1) is 23.2. The maximum absolute atomic E-state index is 14.5. The number of benzene rings is 2. The van der Waals surface area contributed by atoms with Crippen LogP contribution in [0.5, 0.6) is 0 Å². The van der Waals surface area contributed by atoms with E-state index in [1.54, 1.807) is 47.6 Å². The van der Waals surface area contributed by atoms with E-state index in [2.05, 4.69) is 40.4 Å². The van der Waals surface area contributed by atoms with Gasteiger partial charge in [-0.3, -0.25) is 14.8 Å². The second-order valence-electron chi connectivity index (χ2n) is 9.21. The van der Waals surface area contributed by atoms with Crippen LogP contribution in [0.2, 0.25) is 0 Å². The molecule has 1 atom stereocenters. The molecule has 182 valence electrons. The van der Waals surface area contributed by atoms with Gasteiger partial charge in [0.05, 0.1) is 29.7 Å². The monoisotopic (exact) mass is 484 g/mol. The molecule has 2 aromatic carbocycles. The lowest BCUT2D eigenvalue weighted by Crippen LogP contribution is -2.51. The van der Waals surface area contributed by atoms with E-state index in [1.807, 2.05) is 11.8 Å². The Balaban J connectivity index is 1.58. The Hall–Kier alpha value is -4.52. The second-order valence-corrected chi connectivity index (χ2v) is 9.21. The van der Waals surface area contributed by atoms with Crippen molar-refractivity contribution in [1.29, 1.82) is 5.26 Å². The second kappa shape index (κ2) is 9.26. The molecule has 0 fully saturated rings. The molecule has 1 amide bonds. The molecule has 1 aliphatic heterocycles. The van der Waals surface area contributed by atoms with Gasteiger partial charge in [-0.25, -0.2) is 9.37 Å². The first-order valence-corrected chi connectivity index (χ1v) is 11.7. The number of H-pyrrole nitrogens is 1. The van der Waals surface area contributed by atoms with E-state index in [0.717, 1.165) is 6.42 Å². The largest absolute Gasteiger partial charge is 0.343 e. The van der Waals surface area contributed by atoms with Crippen molar-refractivity contribution < 1.29 is 9.18 Å². The van der Waals surface area contributed by atoms with Crippen molar-refractivity contribution in [3.05, 3.63) is 60.2 Å². The summed E-state index contributed by atoms with van der Waals surface area (Å²) in [5, 5.41) is 19.6. The normalized spacial score (nSPS) is 15.3. The van der Waals surface area contributed by atoms with Crippen molar-refractivity contribution in [2.24, 2.45) is 5.92 Å². The number of amides is 1. The number of nitrogens with zero attached hydrogens (tertiary/aromatic N) is 6. The summed E-state index contributed by atoms with van der Waals surface area (Å²) >= 11 is 0. The minimum absolute atomic E-state index is 0.127. The van der Waals surface area contributed by atoms with Gasteiger partial charge in [0.1, 0.15) is 17.2 Å². The molecule has 2 N–H and O–H groups in total. The van der Waals surface area contributed by atoms with Gasteiger partial charge in [0.15, 0.2) is 11.6 Å². The zero-order valence-electron chi connectivity index (χ0n) is 20.2. The number of hydrogen-bond acceptors (Lipinski definition) is 7. The summed E-state index contributed by atoms with van der Waals surface area (Å²) in [6, 6.07) is 11.6. The van der Waals surface area contributed by atoms with Gasteiger partial charge in [-0.05, 0) is 49.6 Å². The molecule has 0 bridgehead atoms. The standard InChI is InChI=1S/C26H25FN8O/c1-15(2)7-8-34-16(3)25(36)35(20-6-4-5-17(9-20)12-28)22-14-29-26(32-24(22)34)31-19-10-18-13-30-33-23(18)21(27)11-19/h4-6,9-11,13-16H,7-8H2,1-3H3,(H,30,33)(H,29,31,32)/t16-/m1/s1. The van der Waals surface area contributed by atoms with Gasteiger partial charge in [0.2, 0.25) is 5.95 Å². The number of hydrogen-bond donors (Lipinski definition) is 2. The van der Waals surface area contributed by atoms with Crippen molar-refractivity contribution in [3.63, 3.8) is 0 Å². The van der Waals surface area contributed by atoms with E-state index in [0.29, 0.717) is 51.8 Å². The smallest absolute Gasteiger partial charge is 0.254 e. The summed E-state index contributed by atoms with van der Waals surface area (Å²) in [4.78, 5) is 26.3. The lowest BCUT2D eigenvalue weighted by Gasteiger charge is -2.40. The molecule has 36 heavy (non-hydrogen) atoms. The summed E-state index contributed by atoms with van der Waals surface area (Å²) in [5.41, 5.74) is 2.36. The highest BCUT2D eigenvalue weighted by molar-refractivity contribution is 6.09. The van der Waals surface area contributed by atoms with E-state index >= 15 is 0 Å².